The van der Waals surface area contributed by atoms with Gasteiger partial charge in [0.25, 0.3) is 0 Å². The quantitative estimate of drug-likeness (QED) is 0.330. The number of nitro benzene ring substituents is 1. The van der Waals surface area contributed by atoms with Crippen LogP contribution in [-0.4, -0.2) is 28.7 Å². The lowest BCUT2D eigenvalue weighted by Gasteiger charge is -2.22. The monoisotopic (exact) mass is 461 g/mol. The van der Waals surface area contributed by atoms with Crippen LogP contribution in [0.4, 0.5) is 15.8 Å². The molecule has 0 bridgehead atoms. The second-order valence-electron chi connectivity index (χ2n) is 6.57. The Morgan fingerprint density at radius 1 is 1.29 bits per heavy atom. The number of thioether (sulfide) groups is 1. The first kappa shape index (κ1) is 22.7. The van der Waals surface area contributed by atoms with E-state index in [-0.39, 0.29) is 35.5 Å². The zero-order chi connectivity index (χ0) is 22.4. The molecule has 0 radical (unpaired) electrons. The van der Waals surface area contributed by atoms with E-state index in [4.69, 9.17) is 4.74 Å². The van der Waals surface area contributed by atoms with E-state index in [0.29, 0.717) is 17.0 Å². The number of rotatable bonds is 9. The summed E-state index contributed by atoms with van der Waals surface area (Å²) in [5, 5.41) is 14.0. The summed E-state index contributed by atoms with van der Waals surface area (Å²) >= 11 is 2.84. The number of ether oxygens (including phenoxy) is 1. The highest BCUT2D eigenvalue weighted by atomic mass is 32.2. The van der Waals surface area contributed by atoms with Gasteiger partial charge in [0.1, 0.15) is 5.82 Å². The van der Waals surface area contributed by atoms with E-state index in [1.54, 1.807) is 29.2 Å². The largest absolute Gasteiger partial charge is 0.490 e. The maximum atomic E-state index is 13.3. The number of hydrogen-bond acceptors (Lipinski definition) is 7. The van der Waals surface area contributed by atoms with Crippen molar-refractivity contribution in [2.45, 2.75) is 19.2 Å². The van der Waals surface area contributed by atoms with E-state index < -0.39 is 4.92 Å². The van der Waals surface area contributed by atoms with Crippen LogP contribution in [0.2, 0.25) is 0 Å². The molecule has 2 aromatic carbocycles. The normalized spacial score (nSPS) is 10.7. The number of halogens is 1. The highest BCUT2D eigenvalue weighted by molar-refractivity contribution is 7.99. The van der Waals surface area contributed by atoms with Gasteiger partial charge in [0.05, 0.1) is 35.0 Å². The molecule has 1 heterocycles. The summed E-state index contributed by atoms with van der Waals surface area (Å²) in [6.07, 6.45) is 0. The summed E-state index contributed by atoms with van der Waals surface area (Å²) in [6.45, 7) is 2.17. The summed E-state index contributed by atoms with van der Waals surface area (Å²) in [5.74, 6) is 0.224. The third-order valence-electron chi connectivity index (χ3n) is 4.36. The Hall–Kier alpha value is -2.98. The van der Waals surface area contributed by atoms with E-state index in [2.05, 4.69) is 4.98 Å². The highest BCUT2D eigenvalue weighted by Gasteiger charge is 2.19. The van der Waals surface area contributed by atoms with Crippen LogP contribution < -0.4 is 9.64 Å². The molecule has 0 atom stereocenters. The topological polar surface area (TPSA) is 85.6 Å². The minimum Gasteiger partial charge on any atom is -0.490 e. The standard InChI is InChI=1S/C21H20FN3O4S2/c1-14-23-17(12-31-14)10-24(18-6-4-16(22)5-7-18)21(26)13-30-11-15-3-8-20(29-2)19(9-15)25(27)28/h3-9,12H,10-11,13H2,1-2H3. The Labute approximate surface area is 187 Å². The first-order chi connectivity index (χ1) is 14.9. The van der Waals surface area contributed by atoms with Crippen molar-refractivity contribution in [3.8, 4) is 5.75 Å². The molecule has 0 aliphatic rings. The summed E-state index contributed by atoms with van der Waals surface area (Å²) in [5.41, 5.74) is 1.95. The van der Waals surface area contributed by atoms with Crippen molar-refractivity contribution in [2.75, 3.05) is 17.8 Å². The van der Waals surface area contributed by atoms with Crippen molar-refractivity contribution < 1.29 is 18.8 Å². The van der Waals surface area contributed by atoms with Crippen LogP contribution in [-0.2, 0) is 17.1 Å². The maximum Gasteiger partial charge on any atom is 0.311 e. The number of aromatic nitrogens is 1. The van der Waals surface area contributed by atoms with Gasteiger partial charge in [-0.05, 0) is 42.8 Å². The molecule has 3 aromatic rings. The predicted molar refractivity (Wildman–Crippen MR) is 120 cm³/mol. The van der Waals surface area contributed by atoms with Gasteiger partial charge in [-0.1, -0.05) is 6.07 Å². The van der Waals surface area contributed by atoms with Gasteiger partial charge in [-0.25, -0.2) is 9.37 Å². The molecule has 7 nitrogen and oxygen atoms in total. The predicted octanol–water partition coefficient (Wildman–Crippen LogP) is 4.97. The molecule has 0 unspecified atom stereocenters. The zero-order valence-electron chi connectivity index (χ0n) is 16.9. The molecule has 0 fully saturated rings. The van der Waals surface area contributed by atoms with Crippen molar-refractivity contribution in [1.82, 2.24) is 4.98 Å². The fraction of sp³-hybridized carbons (Fsp3) is 0.238. The Balaban J connectivity index is 1.69. The summed E-state index contributed by atoms with van der Waals surface area (Å²) in [6, 6.07) is 10.5. The van der Waals surface area contributed by atoms with Gasteiger partial charge in [-0.2, -0.15) is 0 Å². The molecule has 0 N–H and O–H groups in total. The van der Waals surface area contributed by atoms with Gasteiger partial charge in [-0.3, -0.25) is 14.9 Å². The molecule has 0 saturated heterocycles. The van der Waals surface area contributed by atoms with Crippen molar-refractivity contribution >= 4 is 40.4 Å². The molecule has 31 heavy (non-hydrogen) atoms. The van der Waals surface area contributed by atoms with Crippen molar-refractivity contribution in [1.29, 1.82) is 0 Å². The number of methoxy groups -OCH3 is 1. The third-order valence-corrected chi connectivity index (χ3v) is 6.17. The fourth-order valence-electron chi connectivity index (χ4n) is 2.89. The van der Waals surface area contributed by atoms with Crippen LogP contribution in [0.5, 0.6) is 5.75 Å². The zero-order valence-corrected chi connectivity index (χ0v) is 18.5. The van der Waals surface area contributed by atoms with Gasteiger partial charge in [0.2, 0.25) is 5.91 Å². The number of hydrogen-bond donors (Lipinski definition) is 0. The fourth-order valence-corrected chi connectivity index (χ4v) is 4.34. The number of amides is 1. The van der Waals surface area contributed by atoms with E-state index in [1.807, 2.05) is 12.3 Å². The van der Waals surface area contributed by atoms with Crippen LogP contribution >= 0.6 is 23.1 Å². The number of carbonyl (C=O) groups excluding carboxylic acids is 1. The molecule has 0 saturated carbocycles. The second-order valence-corrected chi connectivity index (χ2v) is 8.62. The Morgan fingerprint density at radius 2 is 2.03 bits per heavy atom. The van der Waals surface area contributed by atoms with Gasteiger partial charge in [-0.15, -0.1) is 23.1 Å². The minimum absolute atomic E-state index is 0.112. The number of nitro groups is 1. The molecule has 162 valence electrons. The van der Waals surface area contributed by atoms with Gasteiger partial charge < -0.3 is 9.64 Å². The number of benzene rings is 2. The van der Waals surface area contributed by atoms with Crippen molar-refractivity contribution in [3.63, 3.8) is 0 Å². The van der Waals surface area contributed by atoms with Crippen molar-refractivity contribution in [3.05, 3.63) is 80.0 Å². The van der Waals surface area contributed by atoms with Crippen LogP contribution in [0.15, 0.2) is 47.8 Å². The highest BCUT2D eigenvalue weighted by Crippen LogP contribution is 2.29. The first-order valence-electron chi connectivity index (χ1n) is 9.23. The van der Waals surface area contributed by atoms with E-state index in [1.165, 1.54) is 48.4 Å². The van der Waals surface area contributed by atoms with Crippen LogP contribution in [0.25, 0.3) is 0 Å². The molecular weight excluding hydrogens is 441 g/mol. The first-order valence-corrected chi connectivity index (χ1v) is 11.3. The minimum atomic E-state index is -0.496. The molecule has 10 heteroatoms. The molecule has 0 spiro atoms. The average molecular weight is 462 g/mol. The lowest BCUT2D eigenvalue weighted by Crippen LogP contribution is -2.32. The molecule has 1 amide bonds. The number of thiazole rings is 1. The Morgan fingerprint density at radius 3 is 2.65 bits per heavy atom. The third kappa shape index (κ3) is 6.02. The lowest BCUT2D eigenvalue weighted by molar-refractivity contribution is -0.385. The number of nitrogens with zero attached hydrogens (tertiary/aromatic N) is 3. The maximum absolute atomic E-state index is 13.3. The van der Waals surface area contributed by atoms with Crippen molar-refractivity contribution in [2.24, 2.45) is 0 Å². The number of aryl methyl sites for hydroxylation is 1. The summed E-state index contributed by atoms with van der Waals surface area (Å²) in [7, 11) is 1.38. The van der Waals surface area contributed by atoms with Gasteiger partial charge in [0, 0.05) is 22.9 Å². The van der Waals surface area contributed by atoms with Gasteiger partial charge in [0.15, 0.2) is 5.75 Å². The summed E-state index contributed by atoms with van der Waals surface area (Å²) < 4.78 is 18.4. The van der Waals surface area contributed by atoms with E-state index in [9.17, 15) is 19.3 Å². The lowest BCUT2D eigenvalue weighted by atomic mass is 10.2. The second kappa shape index (κ2) is 10.4. The smallest absolute Gasteiger partial charge is 0.311 e. The number of carbonyl (C=O) groups is 1. The molecular formula is C21H20FN3O4S2. The SMILES string of the molecule is COc1ccc(CSCC(=O)N(Cc2csc(C)n2)c2ccc(F)cc2)cc1[N+](=O)[O-]. The van der Waals surface area contributed by atoms with Crippen LogP contribution in [0.1, 0.15) is 16.3 Å². The molecule has 1 aromatic heterocycles. The summed E-state index contributed by atoms with van der Waals surface area (Å²) in [4.78, 5) is 29.6. The Kier molecular flexibility index (Phi) is 7.59. The Bertz CT molecular complexity index is 1070. The number of anilines is 1. The molecule has 0 aliphatic heterocycles. The van der Waals surface area contributed by atoms with Crippen LogP contribution in [0, 0.1) is 22.9 Å². The molecule has 3 rings (SSSR count). The molecule has 0 aliphatic carbocycles. The van der Waals surface area contributed by atoms with E-state index >= 15 is 0 Å². The van der Waals surface area contributed by atoms with Gasteiger partial charge >= 0.3 is 5.69 Å². The van der Waals surface area contributed by atoms with Crippen LogP contribution in [0.3, 0.4) is 0 Å². The average Bonchev–Trinajstić information content (AvgIpc) is 3.17. The van der Waals surface area contributed by atoms with E-state index in [0.717, 1.165) is 10.7 Å².